The second kappa shape index (κ2) is 5.17. The Bertz CT molecular complexity index is 808. The number of aromatic amines is 1. The van der Waals surface area contributed by atoms with Gasteiger partial charge in [-0.3, -0.25) is 4.79 Å². The molecular weight excluding hydrogens is 250 g/mol. The summed E-state index contributed by atoms with van der Waals surface area (Å²) in [5, 5.41) is 11.5. The van der Waals surface area contributed by atoms with Crippen LogP contribution >= 0.6 is 0 Å². The quantitative estimate of drug-likeness (QED) is 0.765. The van der Waals surface area contributed by atoms with Crippen molar-refractivity contribution < 1.29 is 0 Å². The topological polar surface area (TPSA) is 57.8 Å². The molecule has 20 heavy (non-hydrogen) atoms. The van der Waals surface area contributed by atoms with Crippen LogP contribution < -0.4 is 10.9 Å². The van der Waals surface area contributed by atoms with E-state index in [-0.39, 0.29) is 5.56 Å². The molecule has 3 rings (SSSR count). The lowest BCUT2D eigenvalue weighted by atomic mass is 10.0. The van der Waals surface area contributed by atoms with E-state index in [1.165, 1.54) is 0 Å². The normalized spacial score (nSPS) is 10.7. The summed E-state index contributed by atoms with van der Waals surface area (Å²) in [6, 6.07) is 15.6. The van der Waals surface area contributed by atoms with Gasteiger partial charge in [-0.05, 0) is 17.7 Å². The van der Waals surface area contributed by atoms with Crippen LogP contribution in [0.4, 0.5) is 5.69 Å². The van der Waals surface area contributed by atoms with Crippen molar-refractivity contribution in [1.82, 2.24) is 10.2 Å². The first-order chi connectivity index (χ1) is 9.79. The number of rotatable bonds is 3. The van der Waals surface area contributed by atoms with Crippen LogP contribution in [-0.2, 0) is 6.42 Å². The molecule has 0 unspecified atom stereocenters. The lowest BCUT2D eigenvalue weighted by Gasteiger charge is -2.09. The van der Waals surface area contributed by atoms with Gasteiger partial charge in [-0.25, -0.2) is 5.10 Å². The van der Waals surface area contributed by atoms with E-state index in [4.69, 9.17) is 0 Å². The number of benzene rings is 2. The van der Waals surface area contributed by atoms with Gasteiger partial charge in [-0.15, -0.1) is 0 Å². The standard InChI is InChI=1S/C16H15N3O/c1-17-14-9-5-2-6-11(14)10-15-12-7-3-4-8-13(12)16(20)19-18-15/h2-9,17H,10H2,1H3,(H,19,20). The molecule has 0 atom stereocenters. The number of aromatic nitrogens is 2. The minimum absolute atomic E-state index is 0.147. The predicted molar refractivity (Wildman–Crippen MR) is 81.2 cm³/mol. The smallest absolute Gasteiger partial charge is 0.272 e. The third kappa shape index (κ3) is 2.16. The second-order valence-corrected chi connectivity index (χ2v) is 4.63. The Morgan fingerprint density at radius 3 is 2.55 bits per heavy atom. The Hall–Kier alpha value is -2.62. The number of nitrogens with zero attached hydrogens (tertiary/aromatic N) is 1. The highest BCUT2D eigenvalue weighted by Crippen LogP contribution is 2.21. The summed E-state index contributed by atoms with van der Waals surface area (Å²) in [7, 11) is 1.90. The molecule has 0 amide bonds. The fourth-order valence-electron chi connectivity index (χ4n) is 2.40. The minimum atomic E-state index is -0.147. The van der Waals surface area contributed by atoms with Gasteiger partial charge in [-0.1, -0.05) is 36.4 Å². The van der Waals surface area contributed by atoms with Crippen LogP contribution in [0.2, 0.25) is 0 Å². The zero-order chi connectivity index (χ0) is 13.9. The lowest BCUT2D eigenvalue weighted by Crippen LogP contribution is -2.11. The Morgan fingerprint density at radius 2 is 1.75 bits per heavy atom. The summed E-state index contributed by atoms with van der Waals surface area (Å²) in [6.45, 7) is 0. The molecule has 4 nitrogen and oxygen atoms in total. The van der Waals surface area contributed by atoms with Gasteiger partial charge in [0, 0.05) is 24.5 Å². The molecule has 0 aliphatic carbocycles. The summed E-state index contributed by atoms with van der Waals surface area (Å²) < 4.78 is 0. The Kier molecular flexibility index (Phi) is 3.21. The highest BCUT2D eigenvalue weighted by Gasteiger charge is 2.08. The summed E-state index contributed by atoms with van der Waals surface area (Å²) in [5.74, 6) is 0. The molecule has 0 saturated carbocycles. The molecule has 4 heteroatoms. The van der Waals surface area contributed by atoms with E-state index in [2.05, 4.69) is 21.6 Å². The van der Waals surface area contributed by atoms with Crippen LogP contribution in [0.5, 0.6) is 0 Å². The number of hydrogen-bond donors (Lipinski definition) is 2. The van der Waals surface area contributed by atoms with Gasteiger partial charge >= 0.3 is 0 Å². The molecule has 1 aromatic heterocycles. The monoisotopic (exact) mass is 265 g/mol. The first-order valence-corrected chi connectivity index (χ1v) is 6.51. The molecule has 2 aromatic carbocycles. The van der Waals surface area contributed by atoms with Crippen molar-refractivity contribution in [3.8, 4) is 0 Å². The molecule has 0 bridgehead atoms. The molecule has 0 radical (unpaired) electrons. The number of H-pyrrole nitrogens is 1. The van der Waals surface area contributed by atoms with Crippen LogP contribution in [0.25, 0.3) is 10.8 Å². The molecule has 0 fully saturated rings. The minimum Gasteiger partial charge on any atom is -0.388 e. The maximum atomic E-state index is 11.8. The van der Waals surface area contributed by atoms with Gasteiger partial charge in [0.1, 0.15) is 0 Å². The third-order valence-corrected chi connectivity index (χ3v) is 3.42. The fraction of sp³-hybridized carbons (Fsp3) is 0.125. The van der Waals surface area contributed by atoms with Crippen molar-refractivity contribution >= 4 is 16.5 Å². The van der Waals surface area contributed by atoms with Gasteiger partial charge in [-0.2, -0.15) is 5.10 Å². The Morgan fingerprint density at radius 1 is 1.05 bits per heavy atom. The number of fused-ring (bicyclic) bond motifs is 1. The van der Waals surface area contributed by atoms with E-state index in [0.717, 1.165) is 22.3 Å². The van der Waals surface area contributed by atoms with Gasteiger partial charge in [0.15, 0.2) is 0 Å². The first kappa shape index (κ1) is 12.4. The number of para-hydroxylation sites is 1. The van der Waals surface area contributed by atoms with E-state index in [9.17, 15) is 4.79 Å². The molecule has 0 saturated heterocycles. The molecule has 0 aliphatic rings. The number of nitrogens with one attached hydrogen (secondary N) is 2. The average Bonchev–Trinajstić information content (AvgIpc) is 2.51. The summed E-state index contributed by atoms with van der Waals surface area (Å²) in [4.78, 5) is 11.8. The Balaban J connectivity index is 2.12. The largest absolute Gasteiger partial charge is 0.388 e. The maximum Gasteiger partial charge on any atom is 0.272 e. The van der Waals surface area contributed by atoms with Crippen LogP contribution in [0.1, 0.15) is 11.3 Å². The van der Waals surface area contributed by atoms with E-state index >= 15 is 0 Å². The van der Waals surface area contributed by atoms with Crippen molar-refractivity contribution in [3.05, 3.63) is 70.1 Å². The molecular formula is C16H15N3O. The van der Waals surface area contributed by atoms with Crippen LogP contribution in [0.15, 0.2) is 53.3 Å². The van der Waals surface area contributed by atoms with Crippen molar-refractivity contribution in [3.63, 3.8) is 0 Å². The zero-order valence-corrected chi connectivity index (χ0v) is 11.2. The first-order valence-electron chi connectivity index (χ1n) is 6.51. The highest BCUT2D eigenvalue weighted by molar-refractivity contribution is 5.83. The van der Waals surface area contributed by atoms with E-state index in [1.54, 1.807) is 0 Å². The molecule has 100 valence electrons. The maximum absolute atomic E-state index is 11.8. The Labute approximate surface area is 116 Å². The van der Waals surface area contributed by atoms with Crippen molar-refractivity contribution in [2.75, 3.05) is 12.4 Å². The van der Waals surface area contributed by atoms with Crippen LogP contribution in [0, 0.1) is 0 Å². The number of anilines is 1. The third-order valence-electron chi connectivity index (χ3n) is 3.42. The van der Waals surface area contributed by atoms with Gasteiger partial charge in [0.05, 0.1) is 11.1 Å². The van der Waals surface area contributed by atoms with Crippen molar-refractivity contribution in [2.45, 2.75) is 6.42 Å². The summed E-state index contributed by atoms with van der Waals surface area (Å²) >= 11 is 0. The molecule has 3 aromatic rings. The predicted octanol–water partition coefficient (Wildman–Crippen LogP) is 2.56. The molecule has 1 heterocycles. The van der Waals surface area contributed by atoms with E-state index in [1.807, 2.05) is 49.5 Å². The van der Waals surface area contributed by atoms with Gasteiger partial charge < -0.3 is 5.32 Å². The fourth-order valence-corrected chi connectivity index (χ4v) is 2.40. The highest BCUT2D eigenvalue weighted by atomic mass is 16.1. The van der Waals surface area contributed by atoms with Crippen LogP contribution in [-0.4, -0.2) is 17.2 Å². The molecule has 2 N–H and O–H groups in total. The summed E-state index contributed by atoms with van der Waals surface area (Å²) in [5.41, 5.74) is 2.96. The number of hydrogen-bond acceptors (Lipinski definition) is 3. The van der Waals surface area contributed by atoms with E-state index < -0.39 is 0 Å². The van der Waals surface area contributed by atoms with Gasteiger partial charge in [0.25, 0.3) is 5.56 Å². The van der Waals surface area contributed by atoms with Crippen molar-refractivity contribution in [1.29, 1.82) is 0 Å². The average molecular weight is 265 g/mol. The summed E-state index contributed by atoms with van der Waals surface area (Å²) in [6.07, 6.45) is 0.675. The second-order valence-electron chi connectivity index (χ2n) is 4.63. The van der Waals surface area contributed by atoms with Gasteiger partial charge in [0.2, 0.25) is 0 Å². The van der Waals surface area contributed by atoms with Crippen molar-refractivity contribution in [2.24, 2.45) is 0 Å². The molecule has 0 spiro atoms. The lowest BCUT2D eigenvalue weighted by molar-refractivity contribution is 0.934. The van der Waals surface area contributed by atoms with Crippen LogP contribution in [0.3, 0.4) is 0 Å². The zero-order valence-electron chi connectivity index (χ0n) is 11.2. The molecule has 0 aliphatic heterocycles. The van der Waals surface area contributed by atoms with E-state index in [0.29, 0.717) is 11.8 Å². The SMILES string of the molecule is CNc1ccccc1Cc1n[nH]c(=O)c2ccccc12.